The third-order valence-electron chi connectivity index (χ3n) is 6.29. The maximum Gasteiger partial charge on any atom is 0.282 e. The first-order valence-corrected chi connectivity index (χ1v) is 11.6. The van der Waals surface area contributed by atoms with Gasteiger partial charge in [0.15, 0.2) is 11.0 Å². The molecule has 1 aliphatic rings. The third kappa shape index (κ3) is 3.54. The summed E-state index contributed by atoms with van der Waals surface area (Å²) in [5, 5.41) is 0. The minimum Gasteiger partial charge on any atom is -0.326 e. The van der Waals surface area contributed by atoms with Crippen molar-refractivity contribution in [1.29, 1.82) is 0 Å². The van der Waals surface area contributed by atoms with Gasteiger partial charge in [0.2, 0.25) is 0 Å². The molecule has 2 heterocycles. The molecule has 0 aliphatic carbocycles. The summed E-state index contributed by atoms with van der Waals surface area (Å²) in [6.45, 7) is 17.1. The molecule has 4 nitrogen and oxygen atoms in total. The summed E-state index contributed by atoms with van der Waals surface area (Å²) in [7, 11) is 0. The van der Waals surface area contributed by atoms with Crippen molar-refractivity contribution in [2.75, 3.05) is 22.9 Å². The first kappa shape index (κ1) is 21.2. The lowest BCUT2D eigenvalue weighted by molar-refractivity contribution is -0.670. The SMILES string of the molecule is CCN1C(=CC=Cc2n(CC)c3cc(C)ccc3[n+]2CC)N(CC)c2cc(C)ccc21. The Morgan fingerprint density at radius 1 is 0.806 bits per heavy atom. The van der Waals surface area contributed by atoms with E-state index in [4.69, 9.17) is 0 Å². The number of allylic oxidation sites excluding steroid dienone is 2. The Kier molecular flexibility index (Phi) is 5.90. The minimum atomic E-state index is 0.954. The Morgan fingerprint density at radius 3 is 2.16 bits per heavy atom. The zero-order chi connectivity index (χ0) is 22.1. The van der Waals surface area contributed by atoms with Crippen LogP contribution in [0.2, 0.25) is 0 Å². The number of hydrogen-bond donors (Lipinski definition) is 0. The van der Waals surface area contributed by atoms with Crippen molar-refractivity contribution >= 4 is 28.5 Å². The monoisotopic (exact) mass is 415 g/mol. The number of benzene rings is 2. The van der Waals surface area contributed by atoms with Gasteiger partial charge in [-0.05, 0) is 83.0 Å². The molecular formula is C27H35N4+. The van der Waals surface area contributed by atoms with E-state index >= 15 is 0 Å². The zero-order valence-electron chi connectivity index (χ0n) is 19.8. The van der Waals surface area contributed by atoms with Gasteiger partial charge in [-0.15, -0.1) is 0 Å². The smallest absolute Gasteiger partial charge is 0.282 e. The molecule has 1 aliphatic heterocycles. The van der Waals surface area contributed by atoms with Crippen LogP contribution in [0, 0.1) is 13.8 Å². The Hall–Kier alpha value is -3.01. The topological polar surface area (TPSA) is 15.3 Å². The van der Waals surface area contributed by atoms with Gasteiger partial charge >= 0.3 is 0 Å². The van der Waals surface area contributed by atoms with Crippen LogP contribution < -0.4 is 14.4 Å². The van der Waals surface area contributed by atoms with E-state index in [1.54, 1.807) is 0 Å². The predicted molar refractivity (Wildman–Crippen MR) is 133 cm³/mol. The summed E-state index contributed by atoms with van der Waals surface area (Å²) in [6, 6.07) is 13.5. The van der Waals surface area contributed by atoms with Gasteiger partial charge in [0.1, 0.15) is 5.82 Å². The van der Waals surface area contributed by atoms with Crippen LogP contribution in [0.3, 0.4) is 0 Å². The van der Waals surface area contributed by atoms with Crippen molar-refractivity contribution in [3.8, 4) is 0 Å². The summed E-state index contributed by atoms with van der Waals surface area (Å²) in [4.78, 5) is 4.83. The lowest BCUT2D eigenvalue weighted by Crippen LogP contribution is -2.35. The number of hydrogen-bond acceptors (Lipinski definition) is 2. The van der Waals surface area contributed by atoms with Crippen molar-refractivity contribution in [2.24, 2.45) is 0 Å². The van der Waals surface area contributed by atoms with Crippen LogP contribution in [0.15, 0.2) is 54.4 Å². The molecule has 1 aromatic heterocycles. The standard InChI is InChI=1S/C27H35N4/c1-7-28-22-16-14-20(5)18-24(22)30(9-3)26(28)12-11-13-27-29(8-2)23-17-15-21(6)19-25(23)31(27)10-4/h11-19H,7-10H2,1-6H3/q+1. The van der Waals surface area contributed by atoms with Crippen LogP contribution in [-0.4, -0.2) is 17.7 Å². The number of aromatic nitrogens is 2. The summed E-state index contributed by atoms with van der Waals surface area (Å²) in [5.74, 6) is 2.50. The number of nitrogens with zero attached hydrogens (tertiary/aromatic N) is 4. The molecule has 3 aromatic rings. The summed E-state index contributed by atoms with van der Waals surface area (Å²) < 4.78 is 4.83. The first-order valence-electron chi connectivity index (χ1n) is 11.6. The lowest BCUT2D eigenvalue weighted by atomic mass is 10.2. The maximum atomic E-state index is 2.42. The highest BCUT2D eigenvalue weighted by atomic mass is 15.4. The van der Waals surface area contributed by atoms with Crippen molar-refractivity contribution in [1.82, 2.24) is 4.57 Å². The molecule has 4 heteroatoms. The van der Waals surface area contributed by atoms with Crippen LogP contribution in [0.4, 0.5) is 11.4 Å². The van der Waals surface area contributed by atoms with Crippen molar-refractivity contribution in [3.63, 3.8) is 0 Å². The quantitative estimate of drug-likeness (QED) is 0.472. The van der Waals surface area contributed by atoms with E-state index in [0.29, 0.717) is 0 Å². The molecule has 31 heavy (non-hydrogen) atoms. The van der Waals surface area contributed by atoms with Crippen molar-refractivity contribution < 1.29 is 4.57 Å². The molecule has 0 spiro atoms. The normalized spacial score (nSPS) is 15.1. The fraction of sp³-hybridized carbons (Fsp3) is 0.370. The molecule has 0 atom stereocenters. The van der Waals surface area contributed by atoms with Gasteiger partial charge in [0, 0.05) is 19.2 Å². The summed E-state index contributed by atoms with van der Waals surface area (Å²) >= 11 is 0. The van der Waals surface area contributed by atoms with Gasteiger partial charge in [-0.3, -0.25) is 0 Å². The summed E-state index contributed by atoms with van der Waals surface area (Å²) in [5.41, 5.74) is 7.83. The molecule has 162 valence electrons. The van der Waals surface area contributed by atoms with Gasteiger partial charge in [-0.2, -0.15) is 0 Å². The van der Waals surface area contributed by atoms with E-state index < -0.39 is 0 Å². The average Bonchev–Trinajstić information content (AvgIpc) is 3.23. The van der Waals surface area contributed by atoms with E-state index in [0.717, 1.165) is 26.2 Å². The van der Waals surface area contributed by atoms with Gasteiger partial charge in [-0.25, -0.2) is 9.13 Å². The fourth-order valence-corrected chi connectivity index (χ4v) is 4.85. The summed E-state index contributed by atoms with van der Waals surface area (Å²) in [6.07, 6.45) is 6.76. The molecule has 0 fully saturated rings. The van der Waals surface area contributed by atoms with E-state index in [-0.39, 0.29) is 0 Å². The van der Waals surface area contributed by atoms with Crippen LogP contribution in [0.25, 0.3) is 17.1 Å². The van der Waals surface area contributed by atoms with Gasteiger partial charge in [0.25, 0.3) is 5.82 Å². The second-order valence-corrected chi connectivity index (χ2v) is 8.20. The largest absolute Gasteiger partial charge is 0.326 e. The molecule has 0 radical (unpaired) electrons. The molecule has 0 unspecified atom stereocenters. The van der Waals surface area contributed by atoms with Crippen LogP contribution in [0.5, 0.6) is 0 Å². The fourth-order valence-electron chi connectivity index (χ4n) is 4.85. The van der Waals surface area contributed by atoms with E-state index in [9.17, 15) is 0 Å². The highest BCUT2D eigenvalue weighted by Gasteiger charge is 2.29. The van der Waals surface area contributed by atoms with Crippen molar-refractivity contribution in [3.05, 3.63) is 71.3 Å². The van der Waals surface area contributed by atoms with E-state index in [2.05, 4.69) is 115 Å². The highest BCUT2D eigenvalue weighted by Crippen LogP contribution is 2.41. The second-order valence-electron chi connectivity index (χ2n) is 8.20. The molecule has 0 saturated heterocycles. The van der Waals surface area contributed by atoms with Crippen molar-refractivity contribution in [2.45, 2.75) is 54.6 Å². The number of aryl methyl sites for hydroxylation is 4. The molecule has 0 N–H and O–H groups in total. The molecule has 0 amide bonds. The molecule has 2 aromatic carbocycles. The first-order chi connectivity index (χ1) is 15.0. The number of fused-ring (bicyclic) bond motifs is 2. The predicted octanol–water partition coefficient (Wildman–Crippen LogP) is 5.81. The number of anilines is 2. The molecular weight excluding hydrogens is 380 g/mol. The molecule has 0 saturated carbocycles. The van der Waals surface area contributed by atoms with E-state index in [1.807, 2.05) is 0 Å². The molecule has 4 rings (SSSR count). The van der Waals surface area contributed by atoms with Crippen LogP contribution in [-0.2, 0) is 13.1 Å². The van der Waals surface area contributed by atoms with Gasteiger partial charge < -0.3 is 9.80 Å². The second kappa shape index (κ2) is 8.62. The molecule has 0 bridgehead atoms. The van der Waals surface area contributed by atoms with Crippen LogP contribution >= 0.6 is 0 Å². The van der Waals surface area contributed by atoms with Crippen LogP contribution in [0.1, 0.15) is 44.6 Å². The number of imidazole rings is 1. The van der Waals surface area contributed by atoms with E-state index in [1.165, 1.54) is 45.2 Å². The number of rotatable bonds is 6. The van der Waals surface area contributed by atoms with Gasteiger partial charge in [-0.1, -0.05) is 18.2 Å². The third-order valence-corrected chi connectivity index (χ3v) is 6.29. The Morgan fingerprint density at radius 2 is 1.48 bits per heavy atom. The van der Waals surface area contributed by atoms with Gasteiger partial charge in [0.05, 0.1) is 24.5 Å². The Bertz CT molecular complexity index is 1170. The minimum absolute atomic E-state index is 0.954. The Balaban J connectivity index is 1.78. The highest BCUT2D eigenvalue weighted by molar-refractivity contribution is 5.83. The average molecular weight is 416 g/mol. The zero-order valence-corrected chi connectivity index (χ0v) is 19.8. The maximum absolute atomic E-state index is 2.42. The lowest BCUT2D eigenvalue weighted by Gasteiger charge is -2.23. The Labute approximate surface area is 186 Å².